The predicted octanol–water partition coefficient (Wildman–Crippen LogP) is 3.29. The first kappa shape index (κ1) is 22.0. The Morgan fingerprint density at radius 1 is 1.00 bits per heavy atom. The van der Waals surface area contributed by atoms with E-state index in [4.69, 9.17) is 0 Å². The number of nitrogens with one attached hydrogen (secondary N) is 1. The van der Waals surface area contributed by atoms with Gasteiger partial charge in [0, 0.05) is 11.8 Å². The van der Waals surface area contributed by atoms with Crippen LogP contribution in [-0.2, 0) is 14.8 Å². The van der Waals surface area contributed by atoms with Gasteiger partial charge in [-0.1, -0.05) is 48.5 Å². The first-order valence-corrected chi connectivity index (χ1v) is 11.4. The topological polar surface area (TPSA) is 112 Å². The van der Waals surface area contributed by atoms with E-state index >= 15 is 0 Å². The molecule has 0 aliphatic rings. The molecule has 3 aromatic carbocycles. The smallest absolute Gasteiger partial charge is 0.264 e. The number of pyridine rings is 1. The van der Waals surface area contributed by atoms with Crippen molar-refractivity contribution < 1.29 is 18.3 Å². The van der Waals surface area contributed by atoms with Crippen LogP contribution in [0.5, 0.6) is 5.75 Å². The Bertz CT molecular complexity index is 1410. The number of hydrazone groups is 1. The van der Waals surface area contributed by atoms with E-state index in [1.54, 1.807) is 42.5 Å². The quantitative estimate of drug-likeness (QED) is 0.325. The van der Waals surface area contributed by atoms with Gasteiger partial charge in [-0.05, 0) is 41.1 Å². The molecule has 0 bridgehead atoms. The van der Waals surface area contributed by atoms with Gasteiger partial charge in [0.1, 0.15) is 12.3 Å². The summed E-state index contributed by atoms with van der Waals surface area (Å²) in [6, 6.07) is 21.7. The molecule has 0 fully saturated rings. The fourth-order valence-corrected chi connectivity index (χ4v) is 4.72. The standard InChI is InChI=1S/C24H20N4O4S/c29-23-13-12-18-7-4-5-11-21(18)22(23)16-26-27-24(30)17-28(19-8-6-14-25-15-19)33(31,32)20-9-2-1-3-10-20/h1-16,29H,17H2,(H,27,30)/b26-16-. The van der Waals surface area contributed by atoms with Gasteiger partial charge in [-0.3, -0.25) is 14.1 Å². The zero-order chi connectivity index (χ0) is 23.3. The maximum Gasteiger partial charge on any atom is 0.264 e. The fraction of sp³-hybridized carbons (Fsp3) is 0.0417. The van der Waals surface area contributed by atoms with E-state index in [2.05, 4.69) is 15.5 Å². The number of fused-ring (bicyclic) bond motifs is 1. The summed E-state index contributed by atoms with van der Waals surface area (Å²) in [7, 11) is -4.02. The highest BCUT2D eigenvalue weighted by molar-refractivity contribution is 7.92. The lowest BCUT2D eigenvalue weighted by atomic mass is 10.0. The maximum atomic E-state index is 13.2. The van der Waals surface area contributed by atoms with Gasteiger partial charge in [0.15, 0.2) is 0 Å². The molecule has 0 saturated heterocycles. The molecule has 8 nitrogen and oxygen atoms in total. The number of aromatic nitrogens is 1. The summed E-state index contributed by atoms with van der Waals surface area (Å²) in [4.78, 5) is 16.6. The minimum absolute atomic E-state index is 0.00957. The molecule has 0 aliphatic carbocycles. The molecule has 9 heteroatoms. The molecular formula is C24H20N4O4S. The predicted molar refractivity (Wildman–Crippen MR) is 127 cm³/mol. The van der Waals surface area contributed by atoms with E-state index in [1.807, 2.05) is 24.3 Å². The number of carbonyl (C=O) groups excluding carboxylic acids is 1. The third kappa shape index (κ3) is 4.83. The number of amides is 1. The van der Waals surface area contributed by atoms with E-state index in [-0.39, 0.29) is 16.3 Å². The molecule has 0 saturated carbocycles. The number of nitrogens with zero attached hydrogens (tertiary/aromatic N) is 3. The highest BCUT2D eigenvalue weighted by atomic mass is 32.2. The molecule has 1 heterocycles. The van der Waals surface area contributed by atoms with Crippen LogP contribution in [0.15, 0.2) is 101 Å². The van der Waals surface area contributed by atoms with Gasteiger partial charge in [0.05, 0.1) is 23.0 Å². The van der Waals surface area contributed by atoms with Crippen molar-refractivity contribution in [3.63, 3.8) is 0 Å². The van der Waals surface area contributed by atoms with Crippen molar-refractivity contribution >= 4 is 38.6 Å². The lowest BCUT2D eigenvalue weighted by molar-refractivity contribution is -0.119. The molecule has 4 rings (SSSR count). The van der Waals surface area contributed by atoms with Gasteiger partial charge in [0.25, 0.3) is 15.9 Å². The van der Waals surface area contributed by atoms with Crippen molar-refractivity contribution in [3.05, 3.63) is 96.8 Å². The molecule has 33 heavy (non-hydrogen) atoms. The van der Waals surface area contributed by atoms with E-state index in [0.29, 0.717) is 5.56 Å². The van der Waals surface area contributed by atoms with Crippen LogP contribution in [-0.4, -0.2) is 37.2 Å². The average molecular weight is 461 g/mol. The fourth-order valence-electron chi connectivity index (χ4n) is 3.29. The van der Waals surface area contributed by atoms with Crippen LogP contribution in [0.2, 0.25) is 0 Å². The summed E-state index contributed by atoms with van der Waals surface area (Å²) in [5.74, 6) is -0.648. The number of hydrogen-bond acceptors (Lipinski definition) is 6. The highest BCUT2D eigenvalue weighted by Crippen LogP contribution is 2.25. The van der Waals surface area contributed by atoms with Crippen molar-refractivity contribution in [2.75, 3.05) is 10.8 Å². The number of phenols is 1. The average Bonchev–Trinajstić information content (AvgIpc) is 2.85. The van der Waals surface area contributed by atoms with E-state index in [1.165, 1.54) is 30.7 Å². The number of aromatic hydroxyl groups is 1. The Morgan fingerprint density at radius 3 is 2.52 bits per heavy atom. The summed E-state index contributed by atoms with van der Waals surface area (Å²) in [6.45, 7) is -0.512. The third-order valence-corrected chi connectivity index (χ3v) is 6.67. The number of hydrogen-bond donors (Lipinski definition) is 2. The molecule has 2 N–H and O–H groups in total. The van der Waals surface area contributed by atoms with Crippen LogP contribution in [0.3, 0.4) is 0 Å². The molecule has 1 aromatic heterocycles. The molecule has 166 valence electrons. The molecule has 1 amide bonds. The number of phenolic OH excluding ortho intramolecular Hbond substituents is 1. The van der Waals surface area contributed by atoms with Gasteiger partial charge in [-0.15, -0.1) is 0 Å². The largest absolute Gasteiger partial charge is 0.507 e. The Hall–Kier alpha value is -4.24. The van der Waals surface area contributed by atoms with Crippen molar-refractivity contribution in [2.45, 2.75) is 4.90 Å². The van der Waals surface area contributed by atoms with E-state index in [0.717, 1.165) is 15.1 Å². The van der Waals surface area contributed by atoms with Crippen LogP contribution in [0.4, 0.5) is 5.69 Å². The summed E-state index contributed by atoms with van der Waals surface area (Å²) in [5.41, 5.74) is 3.02. The minimum atomic E-state index is -4.02. The molecule has 0 unspecified atom stereocenters. The number of carbonyl (C=O) groups is 1. The van der Waals surface area contributed by atoms with Gasteiger partial charge in [0.2, 0.25) is 0 Å². The zero-order valence-corrected chi connectivity index (χ0v) is 18.2. The Morgan fingerprint density at radius 2 is 1.76 bits per heavy atom. The second-order valence-corrected chi connectivity index (χ2v) is 8.91. The van der Waals surface area contributed by atoms with Gasteiger partial charge in [-0.2, -0.15) is 5.10 Å². The minimum Gasteiger partial charge on any atom is -0.507 e. The lowest BCUT2D eigenvalue weighted by Crippen LogP contribution is -2.39. The second-order valence-electron chi connectivity index (χ2n) is 7.05. The Balaban J connectivity index is 1.57. The second kappa shape index (κ2) is 9.49. The summed E-state index contributed by atoms with van der Waals surface area (Å²) in [5, 5.41) is 15.8. The van der Waals surface area contributed by atoms with Crippen LogP contribution < -0.4 is 9.73 Å². The number of rotatable bonds is 7. The van der Waals surface area contributed by atoms with Gasteiger partial charge >= 0.3 is 0 Å². The molecule has 4 aromatic rings. The van der Waals surface area contributed by atoms with Crippen LogP contribution >= 0.6 is 0 Å². The van der Waals surface area contributed by atoms with Crippen molar-refractivity contribution in [1.29, 1.82) is 0 Å². The molecule has 0 spiro atoms. The summed E-state index contributed by atoms with van der Waals surface area (Å²) in [6.07, 6.45) is 4.21. The van der Waals surface area contributed by atoms with Crippen molar-refractivity contribution in [3.8, 4) is 5.75 Å². The molecule has 0 radical (unpaired) electrons. The number of anilines is 1. The van der Waals surface area contributed by atoms with E-state index in [9.17, 15) is 18.3 Å². The maximum absolute atomic E-state index is 13.2. The molecule has 0 atom stereocenters. The first-order chi connectivity index (χ1) is 16.0. The Labute approximate surface area is 190 Å². The van der Waals surface area contributed by atoms with Crippen LogP contribution in [0.1, 0.15) is 5.56 Å². The molecule has 0 aliphatic heterocycles. The first-order valence-electron chi connectivity index (χ1n) is 9.97. The van der Waals surface area contributed by atoms with Crippen molar-refractivity contribution in [2.24, 2.45) is 5.10 Å². The normalized spacial score (nSPS) is 11.5. The van der Waals surface area contributed by atoms with E-state index < -0.39 is 22.5 Å². The summed E-state index contributed by atoms with van der Waals surface area (Å²) < 4.78 is 27.4. The van der Waals surface area contributed by atoms with Crippen LogP contribution in [0, 0.1) is 0 Å². The van der Waals surface area contributed by atoms with Gasteiger partial charge in [-0.25, -0.2) is 13.8 Å². The Kier molecular flexibility index (Phi) is 6.32. The number of benzene rings is 3. The van der Waals surface area contributed by atoms with Gasteiger partial charge < -0.3 is 5.11 Å². The SMILES string of the molecule is O=C(CN(c1cccnc1)S(=O)(=O)c1ccccc1)N/N=C\c1c(O)ccc2ccccc12. The van der Waals surface area contributed by atoms with Crippen molar-refractivity contribution in [1.82, 2.24) is 10.4 Å². The zero-order valence-electron chi connectivity index (χ0n) is 17.4. The van der Waals surface area contributed by atoms with Crippen LogP contribution in [0.25, 0.3) is 10.8 Å². The lowest BCUT2D eigenvalue weighted by Gasteiger charge is -2.23. The number of sulfonamides is 1. The molecular weight excluding hydrogens is 440 g/mol. The monoisotopic (exact) mass is 460 g/mol. The third-order valence-electron chi connectivity index (χ3n) is 4.88. The summed E-state index contributed by atoms with van der Waals surface area (Å²) >= 11 is 0. The highest BCUT2D eigenvalue weighted by Gasteiger charge is 2.27.